The predicted molar refractivity (Wildman–Crippen MR) is 58.1 cm³/mol. The molecule has 1 aromatic carbocycles. The van der Waals surface area contributed by atoms with Gasteiger partial charge in [0.2, 0.25) is 0 Å². The highest BCUT2D eigenvalue weighted by molar-refractivity contribution is 5.75. The van der Waals surface area contributed by atoms with Crippen molar-refractivity contribution in [3.05, 3.63) is 23.8 Å². The minimum absolute atomic E-state index is 0.0342. The summed E-state index contributed by atoms with van der Waals surface area (Å²) in [5, 5.41) is 18.5. The lowest BCUT2D eigenvalue weighted by Gasteiger charge is -2.10. The van der Waals surface area contributed by atoms with Crippen molar-refractivity contribution in [3.63, 3.8) is 0 Å². The minimum atomic E-state index is -2.67. The Bertz CT molecular complexity index is 491. The fourth-order valence-electron chi connectivity index (χ4n) is 1.02. The molecule has 1 aromatic rings. The van der Waals surface area contributed by atoms with Crippen LogP contribution in [-0.4, -0.2) is 28.8 Å². The van der Waals surface area contributed by atoms with Crippen molar-refractivity contribution in [1.82, 2.24) is 0 Å². The second-order valence-electron chi connectivity index (χ2n) is 2.96. The Morgan fingerprint density at radius 1 is 1.62 bits per heavy atom. The van der Waals surface area contributed by atoms with E-state index in [0.29, 0.717) is 0 Å². The van der Waals surface area contributed by atoms with Gasteiger partial charge in [-0.25, -0.2) is 0 Å². The van der Waals surface area contributed by atoms with Crippen LogP contribution in [0, 0.1) is 0 Å². The van der Waals surface area contributed by atoms with Crippen molar-refractivity contribution >= 4 is 5.97 Å². The van der Waals surface area contributed by atoms with Crippen molar-refractivity contribution in [3.8, 4) is 11.5 Å². The minimum Gasteiger partial charge on any atom is -0.504 e. The molecule has 0 bridgehead atoms. The maximum absolute atomic E-state index is 11.6. The Hall–Kier alpha value is -1.75. The molecular weight excluding hydrogens is 210 g/mol. The molecule has 88 valence electrons. The van der Waals surface area contributed by atoms with E-state index < -0.39 is 29.9 Å². The quantitative estimate of drug-likeness (QED) is 0.516. The zero-order chi connectivity index (χ0) is 14.8. The van der Waals surface area contributed by atoms with Crippen molar-refractivity contribution in [2.45, 2.75) is 19.3 Å². The summed E-state index contributed by atoms with van der Waals surface area (Å²) in [6, 6.07) is 0.408. The molecule has 5 heteroatoms. The number of esters is 1. The van der Waals surface area contributed by atoms with Gasteiger partial charge < -0.3 is 20.7 Å². The highest BCUT2D eigenvalue weighted by atomic mass is 16.5. The van der Waals surface area contributed by atoms with Crippen LogP contribution in [0.2, 0.25) is 0 Å². The normalized spacial score (nSPS) is 17.8. The summed E-state index contributed by atoms with van der Waals surface area (Å²) in [4.78, 5) is 11.6. The smallest absolute Gasteiger partial charge is 0.323 e. The summed E-state index contributed by atoms with van der Waals surface area (Å²) in [7, 11) is 0. The zero-order valence-corrected chi connectivity index (χ0v) is 8.73. The Morgan fingerprint density at radius 3 is 2.88 bits per heavy atom. The number of carbonyl (C=O) groups is 1. The second-order valence-corrected chi connectivity index (χ2v) is 2.96. The number of hydrogen-bond donors (Lipinski definition) is 3. The van der Waals surface area contributed by atoms with Gasteiger partial charge in [0.1, 0.15) is 6.02 Å². The lowest BCUT2D eigenvalue weighted by atomic mass is 10.1. The van der Waals surface area contributed by atoms with Crippen LogP contribution in [0.1, 0.15) is 16.6 Å². The van der Waals surface area contributed by atoms with Crippen molar-refractivity contribution in [1.29, 1.82) is 0 Å². The first-order chi connectivity index (χ1) is 8.64. The van der Waals surface area contributed by atoms with E-state index in [1.807, 2.05) is 0 Å². The molecule has 1 atom stereocenters. The maximum atomic E-state index is 11.6. The Kier molecular flexibility index (Phi) is 2.82. The standard InChI is InChI=1S/C11H15NO4/c1-2-16-11(15)8(12)5-7-3-4-9(13)10(14)6-7/h3-4,6,8,13-14H,2,5,12H2,1H3/t8-/m0/s1/i5D2,8D. The van der Waals surface area contributed by atoms with E-state index in [1.54, 1.807) is 0 Å². The average Bonchev–Trinajstić information content (AvgIpc) is 2.32. The SMILES string of the molecule is [2H]C([2H])(c1ccc(O)c(O)c1)[C@]([2H])(N)C(=O)OCC. The number of hydrogen-bond acceptors (Lipinski definition) is 5. The first-order valence-corrected chi connectivity index (χ1v) is 4.63. The van der Waals surface area contributed by atoms with Crippen LogP contribution in [0.3, 0.4) is 0 Å². The lowest BCUT2D eigenvalue weighted by Crippen LogP contribution is -2.34. The van der Waals surface area contributed by atoms with Gasteiger partial charge in [0.25, 0.3) is 0 Å². The third-order valence-electron chi connectivity index (χ3n) is 1.75. The summed E-state index contributed by atoms with van der Waals surface area (Å²) < 4.78 is 27.9. The monoisotopic (exact) mass is 228 g/mol. The number of phenolic OH excluding ortho intramolecular Hbond substituents is 2. The first kappa shape index (κ1) is 8.41. The fourth-order valence-corrected chi connectivity index (χ4v) is 1.02. The van der Waals surface area contributed by atoms with Gasteiger partial charge >= 0.3 is 5.97 Å². The Morgan fingerprint density at radius 2 is 2.31 bits per heavy atom. The molecule has 5 nitrogen and oxygen atoms in total. The van der Waals surface area contributed by atoms with Crippen LogP contribution in [0.15, 0.2) is 18.2 Å². The Labute approximate surface area is 97.7 Å². The summed E-state index contributed by atoms with van der Waals surface area (Å²) in [6.07, 6.45) is -2.61. The molecule has 0 radical (unpaired) electrons. The Balaban J connectivity index is 3.21. The van der Waals surface area contributed by atoms with Gasteiger partial charge in [-0.2, -0.15) is 0 Å². The summed E-state index contributed by atoms with van der Waals surface area (Å²) in [6.45, 7) is 1.48. The van der Waals surface area contributed by atoms with Crippen LogP contribution in [-0.2, 0) is 15.9 Å². The number of benzene rings is 1. The molecule has 0 aromatic heterocycles. The summed E-state index contributed by atoms with van der Waals surface area (Å²) in [5.74, 6) is -2.23. The van der Waals surface area contributed by atoms with Crippen LogP contribution < -0.4 is 5.73 Å². The molecule has 0 heterocycles. The van der Waals surface area contributed by atoms with E-state index in [9.17, 15) is 9.90 Å². The predicted octanol–water partition coefficient (Wildman–Crippen LogP) is 0.531. The third-order valence-corrected chi connectivity index (χ3v) is 1.75. The molecule has 0 amide bonds. The van der Waals surface area contributed by atoms with Gasteiger partial charge in [-0.1, -0.05) is 6.07 Å². The zero-order valence-electron chi connectivity index (χ0n) is 11.7. The van der Waals surface area contributed by atoms with E-state index in [1.165, 1.54) is 6.92 Å². The first-order valence-electron chi connectivity index (χ1n) is 6.13. The number of ether oxygens (including phenoxy) is 1. The molecule has 0 saturated heterocycles. The van der Waals surface area contributed by atoms with Crippen LogP contribution in [0.5, 0.6) is 11.5 Å². The molecular formula is C11H15NO4. The van der Waals surface area contributed by atoms with Crippen LogP contribution >= 0.6 is 0 Å². The molecule has 0 saturated carbocycles. The number of rotatable bonds is 4. The van der Waals surface area contributed by atoms with Crippen molar-refractivity contribution < 1.29 is 23.9 Å². The van der Waals surface area contributed by atoms with Crippen LogP contribution in [0.4, 0.5) is 0 Å². The third kappa shape index (κ3) is 3.13. The van der Waals surface area contributed by atoms with Gasteiger partial charge in [0.05, 0.1) is 7.98 Å². The molecule has 0 aliphatic heterocycles. The molecule has 0 aliphatic carbocycles. The molecule has 0 unspecified atom stereocenters. The number of nitrogens with two attached hydrogens (primary N) is 1. The van der Waals surface area contributed by atoms with E-state index in [-0.39, 0.29) is 12.2 Å². The molecule has 0 spiro atoms. The maximum Gasteiger partial charge on any atom is 0.323 e. The summed E-state index contributed by atoms with van der Waals surface area (Å²) in [5.41, 5.74) is 5.20. The van der Waals surface area contributed by atoms with E-state index in [2.05, 4.69) is 4.74 Å². The average molecular weight is 228 g/mol. The molecule has 4 N–H and O–H groups in total. The molecule has 1 rings (SSSR count). The fraction of sp³-hybridized carbons (Fsp3) is 0.364. The van der Waals surface area contributed by atoms with E-state index >= 15 is 0 Å². The molecule has 0 aliphatic rings. The highest BCUT2D eigenvalue weighted by Gasteiger charge is 2.15. The van der Waals surface area contributed by atoms with E-state index in [0.717, 1.165) is 18.2 Å². The number of aromatic hydroxyl groups is 2. The van der Waals surface area contributed by atoms with Gasteiger partial charge in [-0.15, -0.1) is 0 Å². The van der Waals surface area contributed by atoms with Crippen molar-refractivity contribution in [2.75, 3.05) is 6.61 Å². The lowest BCUT2D eigenvalue weighted by molar-refractivity contribution is -0.144. The van der Waals surface area contributed by atoms with Crippen LogP contribution in [0.25, 0.3) is 0 Å². The molecule has 0 fully saturated rings. The second kappa shape index (κ2) is 5.37. The van der Waals surface area contributed by atoms with Gasteiger partial charge in [0, 0.05) is 2.74 Å². The van der Waals surface area contributed by atoms with Gasteiger partial charge in [-0.3, -0.25) is 4.79 Å². The van der Waals surface area contributed by atoms with Gasteiger partial charge in [0.15, 0.2) is 11.5 Å². The summed E-state index contributed by atoms with van der Waals surface area (Å²) >= 11 is 0. The van der Waals surface area contributed by atoms with Crippen molar-refractivity contribution in [2.24, 2.45) is 5.73 Å². The number of phenols is 2. The van der Waals surface area contributed by atoms with Gasteiger partial charge in [-0.05, 0) is 31.0 Å². The largest absolute Gasteiger partial charge is 0.504 e. The topological polar surface area (TPSA) is 92.8 Å². The number of carbonyl (C=O) groups excluding carboxylic acids is 1. The molecule has 16 heavy (non-hydrogen) atoms. The van der Waals surface area contributed by atoms with E-state index in [4.69, 9.17) is 15.0 Å². The highest BCUT2D eigenvalue weighted by Crippen LogP contribution is 2.25.